The minimum Gasteiger partial charge on any atom is -0.358 e. The van der Waals surface area contributed by atoms with Gasteiger partial charge in [0.15, 0.2) is 0 Å². The number of hydrogen-bond acceptors (Lipinski definition) is 3. The van der Waals surface area contributed by atoms with E-state index in [1.807, 2.05) is 0 Å². The van der Waals surface area contributed by atoms with Crippen LogP contribution in [-0.4, -0.2) is 9.91 Å². The number of aromatic nitrogens is 1. The Morgan fingerprint density at radius 1 is 1.54 bits per heavy atom. The molecule has 0 saturated carbocycles. The van der Waals surface area contributed by atoms with Crippen molar-refractivity contribution >= 4 is 28.4 Å². The summed E-state index contributed by atoms with van der Waals surface area (Å²) in [5.41, 5.74) is -0.571. The molecule has 0 N–H and O–H groups in total. The van der Waals surface area contributed by atoms with Crippen molar-refractivity contribution in [2.75, 3.05) is 0 Å². The first kappa shape index (κ1) is 10.2. The molecule has 0 aromatic carbocycles. The van der Waals surface area contributed by atoms with Crippen molar-refractivity contribution < 1.29 is 13.7 Å². The van der Waals surface area contributed by atoms with Crippen molar-refractivity contribution in [1.29, 1.82) is 0 Å². The largest absolute Gasteiger partial charge is 0.364 e. The van der Waals surface area contributed by atoms with Crippen LogP contribution in [0.25, 0.3) is 0 Å². The summed E-state index contributed by atoms with van der Waals surface area (Å²) in [7, 11) is 0. The summed E-state index contributed by atoms with van der Waals surface area (Å²) in [6.07, 6.45) is -2.78. The normalized spacial score (nSPS) is 10.5. The quantitative estimate of drug-likeness (QED) is 0.479. The molecule has 0 aliphatic heterocycles. The number of hydrogen-bond donors (Lipinski definition) is 0. The summed E-state index contributed by atoms with van der Waals surface area (Å²) < 4.78 is 24.6. The van der Waals surface area contributed by atoms with Crippen LogP contribution < -0.4 is 0 Å². The van der Waals surface area contributed by atoms with Crippen LogP contribution in [0.1, 0.15) is 12.1 Å². The molecule has 0 aliphatic rings. The lowest BCUT2D eigenvalue weighted by Crippen LogP contribution is -1.97. The van der Waals surface area contributed by atoms with Crippen LogP contribution in [-0.2, 0) is 0 Å². The van der Waals surface area contributed by atoms with Crippen molar-refractivity contribution in [3.8, 4) is 0 Å². The lowest BCUT2D eigenvalue weighted by atomic mass is 10.3. The molecular formula is C6H3F2IN2O2. The van der Waals surface area contributed by atoms with Gasteiger partial charge in [0.05, 0.1) is 0 Å². The lowest BCUT2D eigenvalue weighted by Gasteiger charge is -1.96. The summed E-state index contributed by atoms with van der Waals surface area (Å²) in [5.74, 6) is -0.554. The molecule has 0 amide bonds. The summed E-state index contributed by atoms with van der Waals surface area (Å²) in [6.45, 7) is 0. The van der Waals surface area contributed by atoms with E-state index in [0.29, 0.717) is 3.57 Å². The molecule has 0 aliphatic carbocycles. The van der Waals surface area contributed by atoms with E-state index in [4.69, 9.17) is 0 Å². The van der Waals surface area contributed by atoms with E-state index in [1.165, 1.54) is 0 Å². The SMILES string of the molecule is O=[N+]([O-])c1cc(I)cc(C(F)F)n1. The van der Waals surface area contributed by atoms with Crippen LogP contribution in [0.3, 0.4) is 0 Å². The topological polar surface area (TPSA) is 56.0 Å². The fourth-order valence-corrected chi connectivity index (χ4v) is 1.31. The Morgan fingerprint density at radius 3 is 2.62 bits per heavy atom. The van der Waals surface area contributed by atoms with Gasteiger partial charge in [0, 0.05) is 15.7 Å². The predicted molar refractivity (Wildman–Crippen MR) is 48.6 cm³/mol. The zero-order chi connectivity index (χ0) is 10.0. The molecule has 70 valence electrons. The first-order valence-corrected chi connectivity index (χ1v) is 4.18. The average molecular weight is 300 g/mol. The minimum atomic E-state index is -2.78. The third-order valence-corrected chi connectivity index (χ3v) is 1.83. The number of nitrogens with zero attached hydrogens (tertiary/aromatic N) is 2. The highest BCUT2D eigenvalue weighted by molar-refractivity contribution is 14.1. The van der Waals surface area contributed by atoms with Crippen LogP contribution in [0.4, 0.5) is 14.6 Å². The highest BCUT2D eigenvalue weighted by atomic mass is 127. The molecule has 0 atom stereocenters. The first-order chi connectivity index (χ1) is 6.00. The van der Waals surface area contributed by atoms with Crippen LogP contribution in [0.2, 0.25) is 0 Å². The zero-order valence-electron chi connectivity index (χ0n) is 6.08. The minimum absolute atomic E-state index is 0.370. The second-order valence-electron chi connectivity index (χ2n) is 2.13. The molecule has 7 heteroatoms. The second kappa shape index (κ2) is 3.90. The fraction of sp³-hybridized carbons (Fsp3) is 0.167. The van der Waals surface area contributed by atoms with Gasteiger partial charge in [-0.15, -0.1) is 0 Å². The number of pyridine rings is 1. The van der Waals surface area contributed by atoms with Gasteiger partial charge < -0.3 is 10.1 Å². The Hall–Kier alpha value is -0.860. The molecule has 13 heavy (non-hydrogen) atoms. The van der Waals surface area contributed by atoms with E-state index in [9.17, 15) is 18.9 Å². The van der Waals surface area contributed by atoms with Crippen LogP contribution in [0.15, 0.2) is 12.1 Å². The van der Waals surface area contributed by atoms with Gasteiger partial charge in [-0.05, 0) is 32.5 Å². The van der Waals surface area contributed by atoms with Gasteiger partial charge in [-0.3, -0.25) is 0 Å². The van der Waals surface area contributed by atoms with Gasteiger partial charge in [0.25, 0.3) is 0 Å². The smallest absolute Gasteiger partial charge is 0.358 e. The van der Waals surface area contributed by atoms with E-state index in [1.54, 1.807) is 22.6 Å². The number of halogens is 3. The Labute approximate surface area is 85.3 Å². The third kappa shape index (κ3) is 2.54. The average Bonchev–Trinajstić information content (AvgIpc) is 2.03. The van der Waals surface area contributed by atoms with Crippen molar-refractivity contribution in [3.63, 3.8) is 0 Å². The molecule has 1 aromatic rings. The Kier molecular flexibility index (Phi) is 3.07. The van der Waals surface area contributed by atoms with Crippen molar-refractivity contribution in [2.24, 2.45) is 0 Å². The second-order valence-corrected chi connectivity index (χ2v) is 3.37. The van der Waals surface area contributed by atoms with Crippen LogP contribution in [0.5, 0.6) is 0 Å². The maximum atomic E-state index is 12.1. The molecule has 4 nitrogen and oxygen atoms in total. The molecule has 0 fully saturated rings. The molecule has 0 unspecified atom stereocenters. The van der Waals surface area contributed by atoms with Gasteiger partial charge >= 0.3 is 12.2 Å². The fourth-order valence-electron chi connectivity index (χ4n) is 0.708. The monoisotopic (exact) mass is 300 g/mol. The van der Waals surface area contributed by atoms with Gasteiger partial charge in [-0.2, -0.15) is 0 Å². The summed E-state index contributed by atoms with van der Waals surface area (Å²) in [6, 6.07) is 2.24. The Balaban J connectivity index is 3.19. The van der Waals surface area contributed by atoms with E-state index in [-0.39, 0.29) is 0 Å². The van der Waals surface area contributed by atoms with Crippen molar-refractivity contribution in [1.82, 2.24) is 4.98 Å². The summed E-state index contributed by atoms with van der Waals surface area (Å²) in [4.78, 5) is 12.6. The Bertz CT molecular complexity index is 345. The summed E-state index contributed by atoms with van der Waals surface area (Å²) in [5, 5.41) is 10.2. The molecule has 1 aromatic heterocycles. The highest BCUT2D eigenvalue weighted by Crippen LogP contribution is 2.22. The van der Waals surface area contributed by atoms with E-state index >= 15 is 0 Å². The maximum absolute atomic E-state index is 12.1. The first-order valence-electron chi connectivity index (χ1n) is 3.10. The van der Waals surface area contributed by atoms with E-state index in [0.717, 1.165) is 12.1 Å². The molecule has 0 bridgehead atoms. The number of alkyl halides is 2. The van der Waals surface area contributed by atoms with Gasteiger partial charge in [0.2, 0.25) is 5.69 Å². The highest BCUT2D eigenvalue weighted by Gasteiger charge is 2.19. The van der Waals surface area contributed by atoms with Gasteiger partial charge in [-0.25, -0.2) is 8.78 Å². The third-order valence-electron chi connectivity index (χ3n) is 1.21. The van der Waals surface area contributed by atoms with Crippen molar-refractivity contribution in [3.05, 3.63) is 31.5 Å². The standard InChI is InChI=1S/C6H3F2IN2O2/c7-6(8)4-1-3(9)2-5(10-4)11(12)13/h1-2,6H. The molecule has 1 rings (SSSR count). The zero-order valence-corrected chi connectivity index (χ0v) is 8.23. The Morgan fingerprint density at radius 2 is 2.15 bits per heavy atom. The lowest BCUT2D eigenvalue weighted by molar-refractivity contribution is -0.389. The predicted octanol–water partition coefficient (Wildman–Crippen LogP) is 2.53. The van der Waals surface area contributed by atoms with Gasteiger partial charge in [-0.1, -0.05) is 0 Å². The summed E-state index contributed by atoms with van der Waals surface area (Å²) >= 11 is 1.72. The van der Waals surface area contributed by atoms with E-state index in [2.05, 4.69) is 4.98 Å². The molecule has 0 radical (unpaired) electrons. The molecule has 0 saturated heterocycles. The van der Waals surface area contributed by atoms with Crippen LogP contribution in [0, 0.1) is 13.7 Å². The maximum Gasteiger partial charge on any atom is 0.364 e. The van der Waals surface area contributed by atoms with E-state index < -0.39 is 22.9 Å². The van der Waals surface area contributed by atoms with Crippen LogP contribution >= 0.6 is 22.6 Å². The number of rotatable bonds is 2. The number of nitro groups is 1. The molecular weight excluding hydrogens is 297 g/mol. The van der Waals surface area contributed by atoms with Gasteiger partial charge in [0.1, 0.15) is 0 Å². The van der Waals surface area contributed by atoms with Crippen molar-refractivity contribution in [2.45, 2.75) is 6.43 Å². The molecule has 1 heterocycles. The molecule has 0 spiro atoms.